The summed E-state index contributed by atoms with van der Waals surface area (Å²) in [6, 6.07) is 4.99. The highest BCUT2D eigenvalue weighted by atomic mass is 35.5. The SMILES string of the molecule is O=C1CCc2cc(OC(=O)Cl)ccc2N1. The van der Waals surface area contributed by atoms with Crippen LogP contribution in [0.5, 0.6) is 5.75 Å². The molecule has 0 aliphatic carbocycles. The van der Waals surface area contributed by atoms with E-state index in [1.165, 1.54) is 0 Å². The molecule has 2 rings (SSSR count). The summed E-state index contributed by atoms with van der Waals surface area (Å²) in [5.74, 6) is 0.398. The summed E-state index contributed by atoms with van der Waals surface area (Å²) >= 11 is 5.09. The molecule has 1 heterocycles. The third-order valence-electron chi connectivity index (χ3n) is 2.17. The first-order valence-corrected chi connectivity index (χ1v) is 4.83. The van der Waals surface area contributed by atoms with Crippen LogP contribution >= 0.6 is 11.6 Å². The van der Waals surface area contributed by atoms with E-state index >= 15 is 0 Å². The standard InChI is InChI=1S/C10H8ClNO3/c11-10(14)15-7-2-3-8-6(5-7)1-4-9(13)12-8/h2-3,5H,1,4H2,(H,12,13). The Labute approximate surface area is 91.2 Å². The number of anilines is 1. The highest BCUT2D eigenvalue weighted by molar-refractivity contribution is 6.61. The lowest BCUT2D eigenvalue weighted by atomic mass is 10.0. The van der Waals surface area contributed by atoms with E-state index in [9.17, 15) is 9.59 Å². The van der Waals surface area contributed by atoms with Crippen LogP contribution in [0.15, 0.2) is 18.2 Å². The van der Waals surface area contributed by atoms with Gasteiger partial charge in [0.1, 0.15) is 5.75 Å². The van der Waals surface area contributed by atoms with Crippen LogP contribution < -0.4 is 10.1 Å². The van der Waals surface area contributed by atoms with Gasteiger partial charge in [-0.1, -0.05) is 0 Å². The Bertz CT molecular complexity index is 431. The van der Waals surface area contributed by atoms with Gasteiger partial charge >= 0.3 is 5.43 Å². The Hall–Kier alpha value is -1.55. The molecule has 0 bridgehead atoms. The average molecular weight is 226 g/mol. The smallest absolute Gasteiger partial charge is 0.409 e. The number of hydrogen-bond donors (Lipinski definition) is 1. The maximum Gasteiger partial charge on any atom is 0.409 e. The zero-order chi connectivity index (χ0) is 10.8. The van der Waals surface area contributed by atoms with E-state index in [1.54, 1.807) is 18.2 Å². The molecule has 0 saturated carbocycles. The number of aryl methyl sites for hydroxylation is 1. The van der Waals surface area contributed by atoms with Crippen molar-refractivity contribution < 1.29 is 14.3 Å². The van der Waals surface area contributed by atoms with Gasteiger partial charge in [0.2, 0.25) is 5.91 Å². The second-order valence-corrected chi connectivity index (χ2v) is 3.52. The van der Waals surface area contributed by atoms with Gasteiger partial charge in [0.05, 0.1) is 0 Å². The Kier molecular flexibility index (Phi) is 2.60. The number of carbonyl (C=O) groups excluding carboxylic acids is 2. The van der Waals surface area contributed by atoms with Gasteiger partial charge in [-0.25, -0.2) is 4.79 Å². The summed E-state index contributed by atoms with van der Waals surface area (Å²) < 4.78 is 4.72. The normalized spacial score (nSPS) is 14.1. The lowest BCUT2D eigenvalue weighted by molar-refractivity contribution is -0.116. The fourth-order valence-electron chi connectivity index (χ4n) is 1.52. The third-order valence-corrected chi connectivity index (χ3v) is 2.25. The zero-order valence-electron chi connectivity index (χ0n) is 7.75. The van der Waals surface area contributed by atoms with E-state index in [2.05, 4.69) is 5.32 Å². The number of hydrogen-bond acceptors (Lipinski definition) is 3. The number of rotatable bonds is 1. The largest absolute Gasteiger partial charge is 0.414 e. The van der Waals surface area contributed by atoms with Crippen LogP contribution in [0.4, 0.5) is 10.5 Å². The van der Waals surface area contributed by atoms with Crippen LogP contribution in [-0.2, 0) is 11.2 Å². The summed E-state index contributed by atoms with van der Waals surface area (Å²) in [5.41, 5.74) is 0.848. The Morgan fingerprint density at radius 1 is 1.40 bits per heavy atom. The van der Waals surface area contributed by atoms with Gasteiger partial charge in [0.15, 0.2) is 0 Å². The monoisotopic (exact) mass is 225 g/mol. The number of carbonyl (C=O) groups is 2. The number of ether oxygens (including phenoxy) is 1. The second-order valence-electron chi connectivity index (χ2n) is 3.21. The van der Waals surface area contributed by atoms with Crippen LogP contribution in [-0.4, -0.2) is 11.3 Å². The van der Waals surface area contributed by atoms with Crippen molar-refractivity contribution >= 4 is 28.6 Å². The number of halogens is 1. The molecule has 5 heteroatoms. The van der Waals surface area contributed by atoms with Crippen molar-refractivity contribution in [2.24, 2.45) is 0 Å². The van der Waals surface area contributed by atoms with Crippen LogP contribution in [0.25, 0.3) is 0 Å². The van der Waals surface area contributed by atoms with Crippen molar-refractivity contribution in [3.05, 3.63) is 23.8 Å². The van der Waals surface area contributed by atoms with Crippen molar-refractivity contribution in [1.29, 1.82) is 0 Å². The minimum atomic E-state index is -0.866. The van der Waals surface area contributed by atoms with E-state index in [-0.39, 0.29) is 5.91 Å². The van der Waals surface area contributed by atoms with E-state index in [0.29, 0.717) is 18.6 Å². The van der Waals surface area contributed by atoms with Crippen LogP contribution in [0, 0.1) is 0 Å². The van der Waals surface area contributed by atoms with Crippen LogP contribution in [0.3, 0.4) is 0 Å². The predicted molar refractivity (Wildman–Crippen MR) is 55.3 cm³/mol. The molecule has 0 atom stereocenters. The molecule has 0 radical (unpaired) electrons. The number of amides is 1. The first-order chi connectivity index (χ1) is 7.15. The van der Waals surface area contributed by atoms with Crippen molar-refractivity contribution in [1.82, 2.24) is 0 Å². The summed E-state index contributed by atoms with van der Waals surface area (Å²) in [6.45, 7) is 0. The third kappa shape index (κ3) is 2.27. The minimum absolute atomic E-state index is 0.00425. The quantitative estimate of drug-likeness (QED) is 0.747. The summed E-state index contributed by atoms with van der Waals surface area (Å²) in [7, 11) is 0. The maximum absolute atomic E-state index is 11.1. The van der Waals surface area contributed by atoms with Gasteiger partial charge in [0, 0.05) is 23.7 Å². The Morgan fingerprint density at radius 2 is 2.20 bits per heavy atom. The van der Waals surface area contributed by atoms with E-state index in [1.807, 2.05) is 0 Å². The Morgan fingerprint density at radius 3 is 2.93 bits per heavy atom. The molecule has 1 aliphatic heterocycles. The molecule has 1 aromatic carbocycles. The van der Waals surface area contributed by atoms with Crippen molar-refractivity contribution in [3.8, 4) is 5.75 Å². The highest BCUT2D eigenvalue weighted by Gasteiger charge is 2.15. The molecule has 15 heavy (non-hydrogen) atoms. The van der Waals surface area contributed by atoms with Gasteiger partial charge < -0.3 is 10.1 Å². The van der Waals surface area contributed by atoms with E-state index in [0.717, 1.165) is 11.3 Å². The number of fused-ring (bicyclic) bond motifs is 1. The van der Waals surface area contributed by atoms with Crippen molar-refractivity contribution in [2.45, 2.75) is 12.8 Å². The molecular weight excluding hydrogens is 218 g/mol. The molecule has 1 amide bonds. The minimum Gasteiger partial charge on any atom is -0.414 e. The van der Waals surface area contributed by atoms with Gasteiger partial charge in [-0.2, -0.15) is 0 Å². The molecule has 0 fully saturated rings. The average Bonchev–Trinajstić information content (AvgIpc) is 2.17. The molecular formula is C10H8ClNO3. The molecule has 78 valence electrons. The van der Waals surface area contributed by atoms with Crippen molar-refractivity contribution in [2.75, 3.05) is 5.32 Å². The molecule has 4 nitrogen and oxygen atoms in total. The fourth-order valence-corrected chi connectivity index (χ4v) is 1.61. The van der Waals surface area contributed by atoms with Gasteiger partial charge in [-0.05, 0) is 30.2 Å². The Balaban J connectivity index is 2.26. The van der Waals surface area contributed by atoms with Gasteiger partial charge in [0.25, 0.3) is 0 Å². The summed E-state index contributed by atoms with van der Waals surface area (Å²) in [5, 5.41) is 2.73. The molecule has 0 saturated heterocycles. The van der Waals surface area contributed by atoms with Crippen LogP contribution in [0.1, 0.15) is 12.0 Å². The topological polar surface area (TPSA) is 55.4 Å². The molecule has 1 N–H and O–H groups in total. The first kappa shape index (κ1) is 9.98. The molecule has 1 aromatic rings. The first-order valence-electron chi connectivity index (χ1n) is 4.45. The second kappa shape index (κ2) is 3.90. The summed E-state index contributed by atoms with van der Waals surface area (Å²) in [6.07, 6.45) is 1.10. The molecule has 0 aromatic heterocycles. The van der Waals surface area contributed by atoms with Gasteiger partial charge in [-0.3, -0.25) is 4.79 Å². The van der Waals surface area contributed by atoms with Crippen molar-refractivity contribution in [3.63, 3.8) is 0 Å². The maximum atomic E-state index is 11.1. The zero-order valence-corrected chi connectivity index (χ0v) is 8.50. The summed E-state index contributed by atoms with van der Waals surface area (Å²) in [4.78, 5) is 21.6. The van der Waals surface area contributed by atoms with E-state index in [4.69, 9.17) is 16.3 Å². The van der Waals surface area contributed by atoms with Crippen LogP contribution in [0.2, 0.25) is 0 Å². The molecule has 1 aliphatic rings. The number of nitrogens with one attached hydrogen (secondary N) is 1. The lowest BCUT2D eigenvalue weighted by Crippen LogP contribution is -2.18. The van der Waals surface area contributed by atoms with E-state index < -0.39 is 5.43 Å². The number of benzene rings is 1. The predicted octanol–water partition coefficient (Wildman–Crippen LogP) is 2.31. The highest BCUT2D eigenvalue weighted by Crippen LogP contribution is 2.26. The molecule has 0 unspecified atom stereocenters. The van der Waals surface area contributed by atoms with Gasteiger partial charge in [-0.15, -0.1) is 0 Å². The lowest BCUT2D eigenvalue weighted by Gasteiger charge is -2.16. The fraction of sp³-hybridized carbons (Fsp3) is 0.200. The molecule has 0 spiro atoms.